The van der Waals surface area contributed by atoms with Crippen LogP contribution in [0.4, 0.5) is 4.39 Å². The van der Waals surface area contributed by atoms with Crippen LogP contribution in [0.25, 0.3) is 0 Å². The van der Waals surface area contributed by atoms with Crippen LogP contribution in [0.1, 0.15) is 22.3 Å². The molecule has 7 rings (SSSR count). The second kappa shape index (κ2) is 7.02. The van der Waals surface area contributed by atoms with Crippen LogP contribution in [0, 0.1) is 41.3 Å². The van der Waals surface area contributed by atoms with Crippen molar-refractivity contribution in [2.75, 3.05) is 0 Å². The van der Waals surface area contributed by atoms with Crippen molar-refractivity contribution in [3.8, 4) is 5.75 Å². The summed E-state index contributed by atoms with van der Waals surface area (Å²) in [5.41, 5.74) is 3.70. The molecular formula is C25H21FN2O4. The van der Waals surface area contributed by atoms with Gasteiger partial charge >= 0.3 is 0 Å². The molecule has 2 saturated carbocycles. The molecule has 0 radical (unpaired) electrons. The lowest BCUT2D eigenvalue weighted by atomic mass is 9.63. The smallest absolute Gasteiger partial charge is 0.270 e. The Kier molecular flexibility index (Phi) is 4.22. The number of hydrazine groups is 1. The number of carbonyl (C=O) groups is 3. The van der Waals surface area contributed by atoms with Crippen molar-refractivity contribution in [3.05, 3.63) is 77.6 Å². The molecule has 4 aliphatic carbocycles. The minimum atomic E-state index is -0.498. The first-order chi connectivity index (χ1) is 15.5. The quantitative estimate of drug-likeness (QED) is 0.582. The zero-order valence-corrected chi connectivity index (χ0v) is 17.1. The van der Waals surface area contributed by atoms with E-state index in [2.05, 4.69) is 17.6 Å². The second-order valence-corrected chi connectivity index (χ2v) is 9.05. The van der Waals surface area contributed by atoms with Crippen molar-refractivity contribution >= 4 is 17.7 Å². The van der Waals surface area contributed by atoms with Crippen LogP contribution in [0.3, 0.4) is 0 Å². The third-order valence-corrected chi connectivity index (χ3v) is 7.31. The van der Waals surface area contributed by atoms with Gasteiger partial charge in [0.15, 0.2) is 0 Å². The van der Waals surface area contributed by atoms with E-state index < -0.39 is 5.91 Å². The van der Waals surface area contributed by atoms with Gasteiger partial charge in [-0.2, -0.15) is 5.01 Å². The third kappa shape index (κ3) is 2.95. The standard InChI is InChI=1S/C25H21FN2O4/c26-15-5-7-16(8-6-15)32-12-13-1-3-14(4-2-13)23(29)27-28-24(30)21-17-9-10-18(20-11-19(17)20)22(21)25(28)31/h1-10,17-22H,11-12H2,(H,27,29)/t17-,18+,19+,20-,21-,22+. The summed E-state index contributed by atoms with van der Waals surface area (Å²) in [6, 6.07) is 12.5. The molecule has 1 heterocycles. The van der Waals surface area contributed by atoms with Gasteiger partial charge in [0.2, 0.25) is 0 Å². The number of allylic oxidation sites excluding steroid dienone is 2. The Balaban J connectivity index is 1.11. The van der Waals surface area contributed by atoms with Crippen LogP contribution in [0.15, 0.2) is 60.7 Å². The van der Waals surface area contributed by atoms with Gasteiger partial charge in [0.05, 0.1) is 11.8 Å². The summed E-state index contributed by atoms with van der Waals surface area (Å²) in [7, 11) is 0. The topological polar surface area (TPSA) is 75.7 Å². The highest BCUT2D eigenvalue weighted by molar-refractivity contribution is 6.08. The molecule has 1 aliphatic heterocycles. The summed E-state index contributed by atoms with van der Waals surface area (Å²) in [5, 5.41) is 0.945. The van der Waals surface area contributed by atoms with Crippen LogP contribution < -0.4 is 10.2 Å². The number of nitrogens with zero attached hydrogens (tertiary/aromatic N) is 1. The Morgan fingerprint density at radius 1 is 0.938 bits per heavy atom. The van der Waals surface area contributed by atoms with Gasteiger partial charge in [0.1, 0.15) is 18.2 Å². The van der Waals surface area contributed by atoms with Crippen molar-refractivity contribution in [3.63, 3.8) is 0 Å². The van der Waals surface area contributed by atoms with Crippen molar-refractivity contribution < 1.29 is 23.5 Å². The van der Waals surface area contributed by atoms with E-state index in [0.29, 0.717) is 23.1 Å². The van der Waals surface area contributed by atoms with E-state index in [0.717, 1.165) is 17.0 Å². The molecule has 3 fully saturated rings. The number of amides is 3. The normalized spacial score (nSPS) is 31.3. The summed E-state index contributed by atoms with van der Waals surface area (Å²) >= 11 is 0. The fraction of sp³-hybridized carbons (Fsp3) is 0.320. The van der Waals surface area contributed by atoms with Gasteiger partial charge in [0.25, 0.3) is 17.7 Å². The average Bonchev–Trinajstić information content (AvgIpc) is 3.60. The van der Waals surface area contributed by atoms with Crippen molar-refractivity contribution in [2.45, 2.75) is 13.0 Å². The van der Waals surface area contributed by atoms with E-state index in [1.807, 2.05) is 0 Å². The van der Waals surface area contributed by atoms with Crippen LogP contribution >= 0.6 is 0 Å². The fourth-order valence-corrected chi connectivity index (χ4v) is 5.68. The number of halogens is 1. The lowest BCUT2D eigenvalue weighted by Crippen LogP contribution is -2.46. The number of rotatable bonds is 5. The van der Waals surface area contributed by atoms with Gasteiger partial charge in [-0.15, -0.1) is 0 Å². The predicted molar refractivity (Wildman–Crippen MR) is 111 cm³/mol. The molecule has 5 aliphatic rings. The van der Waals surface area contributed by atoms with Crippen LogP contribution in [0.2, 0.25) is 0 Å². The van der Waals surface area contributed by atoms with Crippen LogP contribution in [-0.2, 0) is 16.2 Å². The van der Waals surface area contributed by atoms with Gasteiger partial charge < -0.3 is 4.74 Å². The molecular weight excluding hydrogens is 411 g/mol. The fourth-order valence-electron chi connectivity index (χ4n) is 5.68. The summed E-state index contributed by atoms with van der Waals surface area (Å²) in [6.07, 6.45) is 5.30. The van der Waals surface area contributed by atoms with Crippen molar-refractivity contribution in [1.82, 2.24) is 10.4 Å². The van der Waals surface area contributed by atoms with E-state index in [-0.39, 0.29) is 47.9 Å². The third-order valence-electron chi connectivity index (χ3n) is 7.31. The van der Waals surface area contributed by atoms with Gasteiger partial charge in [-0.1, -0.05) is 24.3 Å². The van der Waals surface area contributed by atoms with Gasteiger partial charge in [0, 0.05) is 5.56 Å². The minimum absolute atomic E-state index is 0.119. The van der Waals surface area contributed by atoms with Gasteiger partial charge in [-0.3, -0.25) is 19.8 Å². The van der Waals surface area contributed by atoms with E-state index in [1.54, 1.807) is 36.4 Å². The molecule has 6 atom stereocenters. The first-order valence-electron chi connectivity index (χ1n) is 10.9. The SMILES string of the molecule is O=C(NN1C(=O)[C@@H]2[C@@H]3C=C[C@@H]([C@H]4C[C@@H]34)[C@@H]2C1=O)c1ccc(COc2ccc(F)cc2)cc1. The van der Waals surface area contributed by atoms with E-state index in [4.69, 9.17) is 4.74 Å². The highest BCUT2D eigenvalue weighted by Gasteiger charge is 2.67. The molecule has 2 bridgehead atoms. The summed E-state index contributed by atoms with van der Waals surface area (Å²) in [6.45, 7) is 0.262. The highest BCUT2D eigenvalue weighted by atomic mass is 19.1. The monoisotopic (exact) mass is 432 g/mol. The molecule has 1 N–H and O–H groups in total. The maximum atomic E-state index is 13.0. The summed E-state index contributed by atoms with van der Waals surface area (Å²) in [4.78, 5) is 38.7. The maximum absolute atomic E-state index is 13.0. The van der Waals surface area contributed by atoms with E-state index in [9.17, 15) is 18.8 Å². The van der Waals surface area contributed by atoms with Crippen LogP contribution in [-0.4, -0.2) is 22.7 Å². The number of ether oxygens (including phenoxy) is 1. The van der Waals surface area contributed by atoms with Crippen LogP contribution in [0.5, 0.6) is 5.75 Å². The second-order valence-electron chi connectivity index (χ2n) is 9.05. The van der Waals surface area contributed by atoms with E-state index >= 15 is 0 Å². The number of benzene rings is 2. The molecule has 162 valence electrons. The first kappa shape index (κ1) is 19.2. The summed E-state index contributed by atoms with van der Waals surface area (Å²) < 4.78 is 18.6. The number of hydrogen-bond acceptors (Lipinski definition) is 4. The Morgan fingerprint density at radius 2 is 1.53 bits per heavy atom. The Labute approximate surface area is 184 Å². The number of imide groups is 1. The number of carbonyl (C=O) groups excluding carboxylic acids is 3. The molecule has 0 unspecified atom stereocenters. The molecule has 7 heteroatoms. The van der Waals surface area contributed by atoms with Crippen molar-refractivity contribution in [2.24, 2.45) is 35.5 Å². The van der Waals surface area contributed by atoms with E-state index in [1.165, 1.54) is 12.1 Å². The Bertz CT molecular complexity index is 1110. The number of nitrogens with one attached hydrogen (secondary N) is 1. The minimum Gasteiger partial charge on any atom is -0.489 e. The molecule has 2 aromatic carbocycles. The lowest BCUT2D eigenvalue weighted by Gasteiger charge is -2.37. The number of hydrogen-bond donors (Lipinski definition) is 1. The Morgan fingerprint density at radius 3 is 2.12 bits per heavy atom. The summed E-state index contributed by atoms with van der Waals surface area (Å²) in [5.74, 6) is -0.273. The van der Waals surface area contributed by atoms with Gasteiger partial charge in [-0.25, -0.2) is 4.39 Å². The molecule has 1 saturated heterocycles. The molecule has 3 amide bonds. The predicted octanol–water partition coefficient (Wildman–Crippen LogP) is 3.10. The first-order valence-corrected chi connectivity index (χ1v) is 10.9. The molecule has 0 aromatic heterocycles. The lowest BCUT2D eigenvalue weighted by molar-refractivity contribution is -0.143. The highest BCUT2D eigenvalue weighted by Crippen LogP contribution is 2.65. The molecule has 0 spiro atoms. The average molecular weight is 432 g/mol. The maximum Gasteiger partial charge on any atom is 0.270 e. The van der Waals surface area contributed by atoms with Crippen molar-refractivity contribution in [1.29, 1.82) is 0 Å². The zero-order chi connectivity index (χ0) is 22.0. The molecule has 6 nitrogen and oxygen atoms in total. The molecule has 32 heavy (non-hydrogen) atoms. The largest absolute Gasteiger partial charge is 0.489 e. The molecule has 2 aromatic rings. The van der Waals surface area contributed by atoms with Gasteiger partial charge in [-0.05, 0) is 72.1 Å². The zero-order valence-electron chi connectivity index (χ0n) is 17.1. The Hall–Kier alpha value is -3.48.